The van der Waals surface area contributed by atoms with Gasteiger partial charge in [0, 0.05) is 0 Å². The average molecular weight is 173 g/mol. The maximum absolute atomic E-state index is 10.9. The van der Waals surface area contributed by atoms with E-state index < -0.39 is 11.5 Å². The zero-order valence-corrected chi connectivity index (χ0v) is 8.29. The van der Waals surface area contributed by atoms with E-state index in [0.717, 1.165) is 6.42 Å². The molecular formula is C9H19NO2. The van der Waals surface area contributed by atoms with E-state index in [4.69, 9.17) is 10.8 Å². The normalized spacial score (nSPS) is 18.8. The van der Waals surface area contributed by atoms with Crippen LogP contribution in [0.1, 0.15) is 34.1 Å². The molecule has 0 aromatic carbocycles. The van der Waals surface area contributed by atoms with Crippen LogP contribution in [0.3, 0.4) is 0 Å². The highest BCUT2D eigenvalue weighted by atomic mass is 16.4. The zero-order chi connectivity index (χ0) is 9.94. The predicted octanol–water partition coefficient (Wildman–Crippen LogP) is 1.47. The molecule has 0 rings (SSSR count). The van der Waals surface area contributed by atoms with Crippen LogP contribution >= 0.6 is 0 Å². The molecule has 0 saturated carbocycles. The summed E-state index contributed by atoms with van der Waals surface area (Å²) < 4.78 is 0. The zero-order valence-electron chi connectivity index (χ0n) is 8.29. The van der Waals surface area contributed by atoms with Gasteiger partial charge in [-0.05, 0) is 11.8 Å². The van der Waals surface area contributed by atoms with E-state index in [9.17, 15) is 4.79 Å². The van der Waals surface area contributed by atoms with Gasteiger partial charge in [-0.15, -0.1) is 0 Å². The fraction of sp³-hybridized carbons (Fsp3) is 0.889. The largest absolute Gasteiger partial charge is 0.480 e. The third kappa shape index (κ3) is 1.78. The number of carboxylic acids is 1. The molecule has 72 valence electrons. The number of nitrogens with two attached hydrogens (primary N) is 1. The number of carboxylic acid groups (broad SMARTS) is 1. The van der Waals surface area contributed by atoms with Gasteiger partial charge in [0.1, 0.15) is 5.54 Å². The van der Waals surface area contributed by atoms with Crippen molar-refractivity contribution < 1.29 is 9.90 Å². The molecule has 2 atom stereocenters. The Morgan fingerprint density at radius 2 is 1.92 bits per heavy atom. The van der Waals surface area contributed by atoms with Crippen molar-refractivity contribution in [2.75, 3.05) is 0 Å². The molecule has 12 heavy (non-hydrogen) atoms. The van der Waals surface area contributed by atoms with Gasteiger partial charge < -0.3 is 10.8 Å². The van der Waals surface area contributed by atoms with Crippen molar-refractivity contribution in [1.29, 1.82) is 0 Å². The Balaban J connectivity index is 4.74. The van der Waals surface area contributed by atoms with Gasteiger partial charge >= 0.3 is 5.97 Å². The molecule has 0 unspecified atom stereocenters. The summed E-state index contributed by atoms with van der Waals surface area (Å²) in [5.41, 5.74) is 4.76. The summed E-state index contributed by atoms with van der Waals surface area (Å²) >= 11 is 0. The molecule has 0 radical (unpaired) electrons. The standard InChI is InChI=1S/C9H19NO2/c1-5-7(4)9(10,6(2)3)8(11)12/h6-7H,5,10H2,1-4H3,(H,11,12)/t7-,9+/m0/s1. The van der Waals surface area contributed by atoms with Gasteiger partial charge in [0.15, 0.2) is 0 Å². The monoisotopic (exact) mass is 173 g/mol. The lowest BCUT2D eigenvalue weighted by molar-refractivity contribution is -0.147. The molecule has 0 amide bonds. The summed E-state index contributed by atoms with van der Waals surface area (Å²) in [4.78, 5) is 10.9. The highest BCUT2D eigenvalue weighted by Crippen LogP contribution is 2.26. The van der Waals surface area contributed by atoms with E-state index >= 15 is 0 Å². The smallest absolute Gasteiger partial charge is 0.324 e. The Morgan fingerprint density at radius 3 is 2.00 bits per heavy atom. The van der Waals surface area contributed by atoms with E-state index in [-0.39, 0.29) is 11.8 Å². The summed E-state index contributed by atoms with van der Waals surface area (Å²) in [6.07, 6.45) is 0.793. The topological polar surface area (TPSA) is 63.3 Å². The van der Waals surface area contributed by atoms with Crippen molar-refractivity contribution in [3.05, 3.63) is 0 Å². The maximum Gasteiger partial charge on any atom is 0.324 e. The highest BCUT2D eigenvalue weighted by Gasteiger charge is 2.41. The third-order valence-electron chi connectivity index (χ3n) is 2.75. The molecule has 3 N–H and O–H groups in total. The molecule has 0 aromatic rings. The fourth-order valence-electron chi connectivity index (χ4n) is 1.36. The number of aliphatic carboxylic acids is 1. The molecule has 0 heterocycles. The first-order valence-electron chi connectivity index (χ1n) is 4.39. The molecule has 0 bridgehead atoms. The Hall–Kier alpha value is -0.570. The van der Waals surface area contributed by atoms with Crippen molar-refractivity contribution in [2.45, 2.75) is 39.7 Å². The number of rotatable bonds is 4. The summed E-state index contributed by atoms with van der Waals surface area (Å²) in [6, 6.07) is 0. The molecule has 0 aliphatic heterocycles. The SMILES string of the molecule is CC[C@H](C)[C@@](N)(C(=O)O)C(C)C. The van der Waals surface area contributed by atoms with E-state index in [0.29, 0.717) is 0 Å². The number of carbonyl (C=O) groups is 1. The van der Waals surface area contributed by atoms with Gasteiger partial charge in [-0.2, -0.15) is 0 Å². The second-order valence-electron chi connectivity index (χ2n) is 3.70. The summed E-state index contributed by atoms with van der Waals surface area (Å²) in [7, 11) is 0. The van der Waals surface area contributed by atoms with Crippen LogP contribution in [-0.4, -0.2) is 16.6 Å². The Kier molecular flexibility index (Phi) is 3.71. The van der Waals surface area contributed by atoms with Crippen LogP contribution in [0.5, 0.6) is 0 Å². The van der Waals surface area contributed by atoms with Gasteiger partial charge in [0.2, 0.25) is 0 Å². The van der Waals surface area contributed by atoms with Crippen LogP contribution in [0.25, 0.3) is 0 Å². The minimum atomic E-state index is -1.07. The predicted molar refractivity (Wildman–Crippen MR) is 48.8 cm³/mol. The Labute approximate surface area is 74.0 Å². The van der Waals surface area contributed by atoms with Gasteiger partial charge in [-0.25, -0.2) is 0 Å². The van der Waals surface area contributed by atoms with E-state index in [1.165, 1.54) is 0 Å². The minimum Gasteiger partial charge on any atom is -0.480 e. The van der Waals surface area contributed by atoms with Crippen LogP contribution in [0.15, 0.2) is 0 Å². The quantitative estimate of drug-likeness (QED) is 0.676. The minimum absolute atomic E-state index is 0.00926. The average Bonchev–Trinajstić information content (AvgIpc) is 2.00. The first kappa shape index (κ1) is 11.4. The Morgan fingerprint density at radius 1 is 1.50 bits per heavy atom. The fourth-order valence-corrected chi connectivity index (χ4v) is 1.36. The second-order valence-corrected chi connectivity index (χ2v) is 3.70. The molecule has 0 aromatic heterocycles. The lowest BCUT2D eigenvalue weighted by Gasteiger charge is -2.34. The van der Waals surface area contributed by atoms with Crippen molar-refractivity contribution in [3.63, 3.8) is 0 Å². The van der Waals surface area contributed by atoms with Gasteiger partial charge in [0.25, 0.3) is 0 Å². The molecule has 0 spiro atoms. The first-order valence-corrected chi connectivity index (χ1v) is 4.39. The van der Waals surface area contributed by atoms with E-state index in [1.807, 2.05) is 27.7 Å². The van der Waals surface area contributed by atoms with Crippen LogP contribution in [0.2, 0.25) is 0 Å². The van der Waals surface area contributed by atoms with Crippen LogP contribution in [0, 0.1) is 11.8 Å². The summed E-state index contributed by atoms with van der Waals surface area (Å²) in [5, 5.41) is 8.98. The molecule has 0 aliphatic rings. The van der Waals surface area contributed by atoms with Gasteiger partial charge in [-0.3, -0.25) is 4.79 Å². The van der Waals surface area contributed by atoms with Crippen molar-refractivity contribution in [3.8, 4) is 0 Å². The third-order valence-corrected chi connectivity index (χ3v) is 2.75. The van der Waals surface area contributed by atoms with Crippen LogP contribution in [0.4, 0.5) is 0 Å². The molecule has 3 heteroatoms. The lowest BCUT2D eigenvalue weighted by Crippen LogP contribution is -2.57. The summed E-state index contributed by atoms with van der Waals surface area (Å²) in [5.74, 6) is -0.924. The van der Waals surface area contributed by atoms with Gasteiger partial charge in [-0.1, -0.05) is 34.1 Å². The Bertz CT molecular complexity index is 168. The first-order chi connectivity index (χ1) is 5.37. The summed E-state index contributed by atoms with van der Waals surface area (Å²) in [6.45, 7) is 7.53. The maximum atomic E-state index is 10.9. The lowest BCUT2D eigenvalue weighted by atomic mass is 9.76. The van der Waals surface area contributed by atoms with Crippen molar-refractivity contribution in [2.24, 2.45) is 17.6 Å². The van der Waals surface area contributed by atoms with E-state index in [2.05, 4.69) is 0 Å². The molecule has 0 saturated heterocycles. The molecule has 0 aliphatic carbocycles. The number of hydrogen-bond acceptors (Lipinski definition) is 2. The van der Waals surface area contributed by atoms with E-state index in [1.54, 1.807) is 0 Å². The second kappa shape index (κ2) is 3.90. The van der Waals surface area contributed by atoms with Crippen LogP contribution in [-0.2, 0) is 4.79 Å². The van der Waals surface area contributed by atoms with Gasteiger partial charge in [0.05, 0.1) is 0 Å². The molecular weight excluding hydrogens is 154 g/mol. The highest BCUT2D eigenvalue weighted by molar-refractivity contribution is 5.79. The number of hydrogen-bond donors (Lipinski definition) is 2. The van der Waals surface area contributed by atoms with Crippen molar-refractivity contribution >= 4 is 5.97 Å². The molecule has 0 fully saturated rings. The van der Waals surface area contributed by atoms with Crippen LogP contribution < -0.4 is 5.73 Å². The molecule has 3 nitrogen and oxygen atoms in total. The van der Waals surface area contributed by atoms with Crippen molar-refractivity contribution in [1.82, 2.24) is 0 Å².